The highest BCUT2D eigenvalue weighted by molar-refractivity contribution is 5.98. The Morgan fingerprint density at radius 1 is 1.33 bits per heavy atom. The van der Waals surface area contributed by atoms with E-state index in [0.29, 0.717) is 24.4 Å². The summed E-state index contributed by atoms with van der Waals surface area (Å²) in [6.45, 7) is 1.67. The summed E-state index contributed by atoms with van der Waals surface area (Å²) in [6.07, 6.45) is 4.33. The van der Waals surface area contributed by atoms with Crippen molar-refractivity contribution in [1.29, 1.82) is 0 Å². The van der Waals surface area contributed by atoms with Crippen molar-refractivity contribution < 1.29 is 9.18 Å². The fourth-order valence-electron chi connectivity index (χ4n) is 2.87. The van der Waals surface area contributed by atoms with Gasteiger partial charge in [0, 0.05) is 5.69 Å². The summed E-state index contributed by atoms with van der Waals surface area (Å²) in [6, 6.07) is 4.28. The molecule has 0 unspecified atom stereocenters. The maximum Gasteiger partial charge on any atom is 0.244 e. The molecule has 130 valence electrons. The van der Waals surface area contributed by atoms with Crippen LogP contribution in [0, 0.1) is 12.7 Å². The Morgan fingerprint density at radius 3 is 2.67 bits per heavy atom. The van der Waals surface area contributed by atoms with E-state index in [0.717, 1.165) is 19.3 Å². The molecule has 1 saturated carbocycles. The van der Waals surface area contributed by atoms with Crippen LogP contribution < -0.4 is 11.1 Å². The van der Waals surface area contributed by atoms with Crippen molar-refractivity contribution in [3.8, 4) is 5.69 Å². The summed E-state index contributed by atoms with van der Waals surface area (Å²) < 4.78 is 15.3. The van der Waals surface area contributed by atoms with E-state index in [-0.39, 0.29) is 24.0 Å². The third kappa shape index (κ3) is 3.54. The molecular weight excluding hydrogens is 335 g/mol. The van der Waals surface area contributed by atoms with E-state index in [1.165, 1.54) is 22.9 Å². The van der Waals surface area contributed by atoms with E-state index in [1.807, 2.05) is 0 Å². The predicted octanol–water partition coefficient (Wildman–Crippen LogP) is 2.13. The minimum absolute atomic E-state index is 0. The number of carbonyl (C=O) groups excluding carboxylic acids is 1. The topological polar surface area (TPSA) is 98.7 Å². The van der Waals surface area contributed by atoms with Gasteiger partial charge in [0.25, 0.3) is 0 Å². The lowest BCUT2D eigenvalue weighted by molar-refractivity contribution is -0.122. The van der Waals surface area contributed by atoms with Crippen LogP contribution in [0.2, 0.25) is 0 Å². The lowest BCUT2D eigenvalue weighted by Gasteiger charge is -2.31. The van der Waals surface area contributed by atoms with Crippen molar-refractivity contribution in [3.63, 3.8) is 0 Å². The molecule has 1 heterocycles. The number of aryl methyl sites for hydroxylation is 1. The van der Waals surface area contributed by atoms with Gasteiger partial charge in [-0.3, -0.25) is 4.79 Å². The van der Waals surface area contributed by atoms with Gasteiger partial charge in [0.15, 0.2) is 5.82 Å². The number of hydrogen-bond donors (Lipinski definition) is 2. The van der Waals surface area contributed by atoms with Crippen LogP contribution >= 0.6 is 12.4 Å². The van der Waals surface area contributed by atoms with E-state index in [1.54, 1.807) is 6.92 Å². The van der Waals surface area contributed by atoms with Crippen molar-refractivity contribution in [3.05, 3.63) is 29.8 Å². The number of rotatable bonds is 3. The van der Waals surface area contributed by atoms with Crippen molar-refractivity contribution in [1.82, 2.24) is 20.2 Å². The first-order valence-electron chi connectivity index (χ1n) is 7.65. The van der Waals surface area contributed by atoms with Crippen molar-refractivity contribution in [2.45, 2.75) is 44.6 Å². The van der Waals surface area contributed by atoms with Crippen molar-refractivity contribution >= 4 is 24.0 Å². The van der Waals surface area contributed by atoms with Crippen molar-refractivity contribution in [2.75, 3.05) is 5.32 Å². The first kappa shape index (κ1) is 18.3. The predicted molar refractivity (Wildman–Crippen MR) is 89.7 cm³/mol. The number of amides is 1. The van der Waals surface area contributed by atoms with Crippen LogP contribution in [0.25, 0.3) is 5.69 Å². The molecule has 1 aromatic carbocycles. The number of benzene rings is 1. The molecule has 1 aromatic heterocycles. The molecule has 0 bridgehead atoms. The Hall–Kier alpha value is -2.06. The first-order valence-corrected chi connectivity index (χ1v) is 7.65. The SMILES string of the molecule is Cc1nnnn1-c1cc(NC(=O)C2(N)CCCCC2)ccc1F.Cl. The molecule has 0 atom stereocenters. The Morgan fingerprint density at radius 2 is 2.04 bits per heavy atom. The largest absolute Gasteiger partial charge is 0.324 e. The zero-order valence-electron chi connectivity index (χ0n) is 13.3. The second kappa shape index (κ2) is 7.23. The number of halogens is 2. The molecule has 9 heteroatoms. The van der Waals surface area contributed by atoms with Crippen LogP contribution in [0.3, 0.4) is 0 Å². The van der Waals surface area contributed by atoms with Gasteiger partial charge < -0.3 is 11.1 Å². The summed E-state index contributed by atoms with van der Waals surface area (Å²) in [5.41, 5.74) is 6.01. The van der Waals surface area contributed by atoms with Gasteiger partial charge in [-0.1, -0.05) is 19.3 Å². The second-order valence-electron chi connectivity index (χ2n) is 5.98. The summed E-state index contributed by atoms with van der Waals surface area (Å²) in [4.78, 5) is 12.5. The normalized spacial score (nSPS) is 16.3. The number of aromatic nitrogens is 4. The molecule has 1 amide bonds. The van der Waals surface area contributed by atoms with Gasteiger partial charge in [0.2, 0.25) is 5.91 Å². The third-order valence-electron chi connectivity index (χ3n) is 4.26. The highest BCUT2D eigenvalue weighted by Gasteiger charge is 2.35. The number of anilines is 1. The summed E-state index contributed by atoms with van der Waals surface area (Å²) in [7, 11) is 0. The molecule has 7 nitrogen and oxygen atoms in total. The van der Waals surface area contributed by atoms with Crippen LogP contribution in [-0.4, -0.2) is 31.7 Å². The Bertz CT molecular complexity index is 729. The highest BCUT2D eigenvalue weighted by atomic mass is 35.5. The van der Waals surface area contributed by atoms with E-state index in [2.05, 4.69) is 20.8 Å². The average Bonchev–Trinajstić information content (AvgIpc) is 2.96. The summed E-state index contributed by atoms with van der Waals surface area (Å²) >= 11 is 0. The molecular formula is C15H20ClFN6O. The van der Waals surface area contributed by atoms with Crippen LogP contribution in [0.15, 0.2) is 18.2 Å². The minimum Gasteiger partial charge on any atom is -0.324 e. The molecule has 0 radical (unpaired) electrons. The molecule has 1 aliphatic rings. The Balaban J connectivity index is 0.00000208. The molecule has 2 aromatic rings. The zero-order valence-corrected chi connectivity index (χ0v) is 14.1. The zero-order chi connectivity index (χ0) is 16.4. The summed E-state index contributed by atoms with van der Waals surface area (Å²) in [5.74, 6) is -0.253. The Labute approximate surface area is 145 Å². The first-order chi connectivity index (χ1) is 11.0. The van der Waals surface area contributed by atoms with Crippen LogP contribution in [-0.2, 0) is 4.79 Å². The van der Waals surface area contributed by atoms with Gasteiger partial charge in [0.1, 0.15) is 11.5 Å². The lowest BCUT2D eigenvalue weighted by Crippen LogP contribution is -2.52. The molecule has 24 heavy (non-hydrogen) atoms. The number of nitrogens with one attached hydrogen (secondary N) is 1. The third-order valence-corrected chi connectivity index (χ3v) is 4.26. The number of hydrogen-bond acceptors (Lipinski definition) is 5. The number of nitrogens with two attached hydrogens (primary N) is 1. The van der Waals surface area contributed by atoms with E-state index < -0.39 is 11.4 Å². The van der Waals surface area contributed by atoms with Gasteiger partial charge >= 0.3 is 0 Å². The van der Waals surface area contributed by atoms with Gasteiger partial charge in [-0.25, -0.2) is 4.39 Å². The molecule has 1 fully saturated rings. The van der Waals surface area contributed by atoms with Gasteiger partial charge in [0.05, 0.1) is 5.54 Å². The quantitative estimate of drug-likeness (QED) is 0.879. The maximum absolute atomic E-state index is 14.0. The fraction of sp³-hybridized carbons (Fsp3) is 0.467. The molecule has 3 N–H and O–H groups in total. The molecule has 1 aliphatic carbocycles. The molecule has 0 aliphatic heterocycles. The monoisotopic (exact) mass is 354 g/mol. The molecule has 0 spiro atoms. The number of carbonyl (C=O) groups is 1. The molecule has 3 rings (SSSR count). The van der Waals surface area contributed by atoms with E-state index in [4.69, 9.17) is 5.73 Å². The highest BCUT2D eigenvalue weighted by Crippen LogP contribution is 2.28. The number of tetrazole rings is 1. The standard InChI is InChI=1S/C15H19FN6O.ClH/c1-10-19-20-21-22(10)13-9-11(5-6-12(13)16)18-14(23)15(17)7-3-2-4-8-15;/h5-6,9H,2-4,7-8,17H2,1H3,(H,18,23);1H. The fourth-order valence-corrected chi connectivity index (χ4v) is 2.87. The van der Waals surface area contributed by atoms with Gasteiger partial charge in [-0.05, 0) is 48.4 Å². The Kier molecular flexibility index (Phi) is 5.51. The van der Waals surface area contributed by atoms with E-state index in [9.17, 15) is 9.18 Å². The van der Waals surface area contributed by atoms with Gasteiger partial charge in [-0.15, -0.1) is 17.5 Å². The van der Waals surface area contributed by atoms with Gasteiger partial charge in [-0.2, -0.15) is 4.68 Å². The number of nitrogens with zero attached hydrogens (tertiary/aromatic N) is 4. The van der Waals surface area contributed by atoms with Crippen LogP contribution in [0.5, 0.6) is 0 Å². The lowest BCUT2D eigenvalue weighted by atomic mass is 9.82. The average molecular weight is 355 g/mol. The van der Waals surface area contributed by atoms with Crippen LogP contribution in [0.1, 0.15) is 37.9 Å². The van der Waals surface area contributed by atoms with E-state index >= 15 is 0 Å². The van der Waals surface area contributed by atoms with Crippen LogP contribution in [0.4, 0.5) is 10.1 Å². The summed E-state index contributed by atoms with van der Waals surface area (Å²) in [5, 5.41) is 13.8. The smallest absolute Gasteiger partial charge is 0.244 e. The van der Waals surface area contributed by atoms with Crippen molar-refractivity contribution in [2.24, 2.45) is 5.73 Å². The maximum atomic E-state index is 14.0. The minimum atomic E-state index is -0.850. The molecule has 0 saturated heterocycles. The second-order valence-corrected chi connectivity index (χ2v) is 5.98.